The molecule has 0 atom stereocenters. The monoisotopic (exact) mass is 268 g/mol. The molecule has 0 aromatic heterocycles. The van der Waals surface area contributed by atoms with Crippen molar-refractivity contribution in [2.75, 3.05) is 25.0 Å². The van der Waals surface area contributed by atoms with Gasteiger partial charge in [-0.1, -0.05) is 11.6 Å². The molecule has 98 valence electrons. The third-order valence-corrected chi connectivity index (χ3v) is 3.76. The van der Waals surface area contributed by atoms with E-state index in [4.69, 9.17) is 16.7 Å². The van der Waals surface area contributed by atoms with Crippen molar-refractivity contribution < 1.29 is 9.90 Å². The first-order chi connectivity index (χ1) is 8.58. The van der Waals surface area contributed by atoms with Crippen LogP contribution in [0.4, 0.5) is 10.5 Å². The second kappa shape index (κ2) is 5.48. The van der Waals surface area contributed by atoms with E-state index in [0.717, 1.165) is 36.6 Å². The van der Waals surface area contributed by atoms with Crippen molar-refractivity contribution in [1.82, 2.24) is 4.90 Å². The summed E-state index contributed by atoms with van der Waals surface area (Å²) in [7, 11) is 1.64. The molecule has 0 spiro atoms. The van der Waals surface area contributed by atoms with Crippen molar-refractivity contribution in [2.45, 2.75) is 18.9 Å². The first kappa shape index (κ1) is 13.0. The number of carboxylic acid groups (broad SMARTS) is 1. The van der Waals surface area contributed by atoms with Gasteiger partial charge in [-0.05, 0) is 37.1 Å². The Morgan fingerprint density at radius 1 is 1.33 bits per heavy atom. The highest BCUT2D eigenvalue weighted by Crippen LogP contribution is 2.23. The third-order valence-electron chi connectivity index (χ3n) is 3.51. The molecular weight excluding hydrogens is 252 g/mol. The zero-order valence-electron chi connectivity index (χ0n) is 10.3. The van der Waals surface area contributed by atoms with E-state index in [9.17, 15) is 4.79 Å². The number of piperidine rings is 1. The lowest BCUT2D eigenvalue weighted by molar-refractivity contribution is 0.131. The van der Waals surface area contributed by atoms with E-state index in [2.05, 4.69) is 4.90 Å². The summed E-state index contributed by atoms with van der Waals surface area (Å²) in [5.74, 6) is 0. The fraction of sp³-hybridized carbons (Fsp3) is 0.462. The summed E-state index contributed by atoms with van der Waals surface area (Å²) in [6.45, 7) is 1.76. The van der Waals surface area contributed by atoms with E-state index >= 15 is 0 Å². The van der Waals surface area contributed by atoms with Crippen molar-refractivity contribution >= 4 is 23.4 Å². The first-order valence-electron chi connectivity index (χ1n) is 6.04. The lowest BCUT2D eigenvalue weighted by Gasteiger charge is -2.36. The summed E-state index contributed by atoms with van der Waals surface area (Å²) < 4.78 is 0. The van der Waals surface area contributed by atoms with Gasteiger partial charge in [0.05, 0.1) is 0 Å². The van der Waals surface area contributed by atoms with Crippen LogP contribution in [0.15, 0.2) is 24.3 Å². The van der Waals surface area contributed by atoms with Gasteiger partial charge >= 0.3 is 6.09 Å². The summed E-state index contributed by atoms with van der Waals surface area (Å²) >= 11 is 5.86. The van der Waals surface area contributed by atoms with Crippen molar-refractivity contribution in [3.05, 3.63) is 29.3 Å². The number of nitrogens with zero attached hydrogens (tertiary/aromatic N) is 2. The molecule has 1 aromatic carbocycles. The van der Waals surface area contributed by atoms with E-state index in [-0.39, 0.29) is 6.04 Å². The highest BCUT2D eigenvalue weighted by molar-refractivity contribution is 6.30. The lowest BCUT2D eigenvalue weighted by atomic mass is 10.0. The molecule has 1 heterocycles. The molecule has 1 fully saturated rings. The second-order valence-corrected chi connectivity index (χ2v) is 5.02. The van der Waals surface area contributed by atoms with E-state index in [1.807, 2.05) is 24.3 Å². The number of carbonyl (C=O) groups is 1. The third kappa shape index (κ3) is 2.88. The molecule has 4 nitrogen and oxygen atoms in total. The molecule has 1 amide bonds. The van der Waals surface area contributed by atoms with Crippen molar-refractivity contribution in [1.29, 1.82) is 0 Å². The van der Waals surface area contributed by atoms with Crippen LogP contribution in [-0.2, 0) is 0 Å². The molecule has 0 saturated carbocycles. The van der Waals surface area contributed by atoms with Gasteiger partial charge < -0.3 is 14.9 Å². The molecule has 18 heavy (non-hydrogen) atoms. The van der Waals surface area contributed by atoms with E-state index < -0.39 is 6.09 Å². The van der Waals surface area contributed by atoms with Crippen LogP contribution in [0.1, 0.15) is 12.8 Å². The summed E-state index contributed by atoms with van der Waals surface area (Å²) in [5.41, 5.74) is 1.15. The molecule has 0 aliphatic carbocycles. The van der Waals surface area contributed by atoms with E-state index in [1.54, 1.807) is 7.05 Å². The van der Waals surface area contributed by atoms with Crippen LogP contribution in [0.25, 0.3) is 0 Å². The van der Waals surface area contributed by atoms with Crippen molar-refractivity contribution in [3.63, 3.8) is 0 Å². The van der Waals surface area contributed by atoms with Crippen LogP contribution in [0.5, 0.6) is 0 Å². The Morgan fingerprint density at radius 3 is 2.39 bits per heavy atom. The van der Waals surface area contributed by atoms with Gasteiger partial charge in [0.1, 0.15) is 0 Å². The normalized spacial score (nSPS) is 16.7. The van der Waals surface area contributed by atoms with E-state index in [1.165, 1.54) is 4.90 Å². The van der Waals surface area contributed by atoms with Crippen LogP contribution in [-0.4, -0.2) is 42.3 Å². The maximum absolute atomic E-state index is 10.9. The number of amides is 1. The highest BCUT2D eigenvalue weighted by Gasteiger charge is 2.24. The minimum absolute atomic E-state index is 0.131. The van der Waals surface area contributed by atoms with Gasteiger partial charge in [-0.3, -0.25) is 0 Å². The number of rotatable bonds is 2. The van der Waals surface area contributed by atoms with Gasteiger partial charge in [0.25, 0.3) is 0 Å². The van der Waals surface area contributed by atoms with Crippen LogP contribution in [0.2, 0.25) is 5.02 Å². The molecule has 0 unspecified atom stereocenters. The van der Waals surface area contributed by atoms with Crippen molar-refractivity contribution in [2.24, 2.45) is 0 Å². The summed E-state index contributed by atoms with van der Waals surface area (Å²) in [6.07, 6.45) is 0.886. The SMILES string of the molecule is CN(C(=O)O)C1CCN(c2ccc(Cl)cc2)CC1. The molecule has 1 N–H and O–H groups in total. The second-order valence-electron chi connectivity index (χ2n) is 4.59. The van der Waals surface area contributed by atoms with Crippen LogP contribution in [0.3, 0.4) is 0 Å². The minimum Gasteiger partial charge on any atom is -0.465 e. The van der Waals surface area contributed by atoms with Crippen LogP contribution >= 0.6 is 11.6 Å². The van der Waals surface area contributed by atoms with Gasteiger partial charge in [-0.2, -0.15) is 0 Å². The predicted molar refractivity (Wildman–Crippen MR) is 72.5 cm³/mol. The lowest BCUT2D eigenvalue weighted by Crippen LogP contribution is -2.45. The predicted octanol–water partition coefficient (Wildman–Crippen LogP) is 2.92. The number of halogens is 1. The minimum atomic E-state index is -0.847. The zero-order chi connectivity index (χ0) is 13.1. The Balaban J connectivity index is 1.94. The summed E-state index contributed by atoms with van der Waals surface area (Å²) in [4.78, 5) is 14.6. The van der Waals surface area contributed by atoms with Gasteiger partial charge in [0.15, 0.2) is 0 Å². The van der Waals surface area contributed by atoms with Crippen molar-refractivity contribution in [3.8, 4) is 0 Å². The summed E-state index contributed by atoms with van der Waals surface area (Å²) in [5, 5.41) is 9.68. The Bertz CT molecular complexity index is 414. The molecule has 2 rings (SSSR count). The van der Waals surface area contributed by atoms with Gasteiger partial charge in [-0.25, -0.2) is 4.79 Å². The Morgan fingerprint density at radius 2 is 1.89 bits per heavy atom. The van der Waals surface area contributed by atoms with Crippen LogP contribution < -0.4 is 4.90 Å². The molecule has 5 heteroatoms. The summed E-state index contributed by atoms with van der Waals surface area (Å²) in [6, 6.07) is 7.90. The van der Waals surface area contributed by atoms with Gasteiger partial charge in [0.2, 0.25) is 0 Å². The standard InChI is InChI=1S/C13H17ClN2O2/c1-15(13(17)18)11-6-8-16(9-7-11)12-4-2-10(14)3-5-12/h2-5,11H,6-9H2,1H3,(H,17,18). The Labute approximate surface area is 112 Å². The quantitative estimate of drug-likeness (QED) is 0.897. The maximum atomic E-state index is 10.9. The molecule has 1 aromatic rings. The number of benzene rings is 1. The average Bonchev–Trinajstić information content (AvgIpc) is 2.39. The molecule has 1 aliphatic heterocycles. The zero-order valence-corrected chi connectivity index (χ0v) is 11.1. The number of hydrogen-bond donors (Lipinski definition) is 1. The largest absolute Gasteiger partial charge is 0.465 e. The average molecular weight is 269 g/mol. The first-order valence-corrected chi connectivity index (χ1v) is 6.42. The molecular formula is C13H17ClN2O2. The molecule has 0 bridgehead atoms. The smallest absolute Gasteiger partial charge is 0.407 e. The topological polar surface area (TPSA) is 43.8 Å². The fourth-order valence-electron chi connectivity index (χ4n) is 2.32. The number of anilines is 1. The maximum Gasteiger partial charge on any atom is 0.407 e. The number of hydrogen-bond acceptors (Lipinski definition) is 2. The fourth-order valence-corrected chi connectivity index (χ4v) is 2.45. The Kier molecular flexibility index (Phi) is 3.97. The van der Waals surface area contributed by atoms with E-state index in [0.29, 0.717) is 0 Å². The highest BCUT2D eigenvalue weighted by atomic mass is 35.5. The molecule has 1 saturated heterocycles. The van der Waals surface area contributed by atoms with Gasteiger partial charge in [0, 0.05) is 36.9 Å². The Hall–Kier alpha value is -1.42. The van der Waals surface area contributed by atoms with Gasteiger partial charge in [-0.15, -0.1) is 0 Å². The molecule has 0 radical (unpaired) electrons. The molecule has 1 aliphatic rings. The van der Waals surface area contributed by atoms with Crippen LogP contribution in [0, 0.1) is 0 Å².